The van der Waals surface area contributed by atoms with Crippen molar-refractivity contribution in [2.45, 2.75) is 126 Å². The molecule has 55 heavy (non-hydrogen) atoms. The second-order valence-corrected chi connectivity index (χ2v) is 24.4. The van der Waals surface area contributed by atoms with Crippen molar-refractivity contribution >= 4 is 40.4 Å². The zero-order chi connectivity index (χ0) is 40.5. The van der Waals surface area contributed by atoms with Crippen LogP contribution in [-0.2, 0) is 19.9 Å². The average molecular weight is 865 g/mol. The molecule has 2 saturated heterocycles. The third-order valence-electron chi connectivity index (χ3n) is 11.1. The molecule has 0 saturated carbocycles. The van der Waals surface area contributed by atoms with E-state index in [4.69, 9.17) is 19.4 Å². The van der Waals surface area contributed by atoms with E-state index < -0.39 is 13.5 Å². The molecule has 4 aromatic carbocycles. The Hall–Kier alpha value is -2.71. The summed E-state index contributed by atoms with van der Waals surface area (Å²) in [5.74, 6) is 0.558. The van der Waals surface area contributed by atoms with Crippen LogP contribution in [0.25, 0.3) is 5.57 Å². The van der Waals surface area contributed by atoms with Crippen LogP contribution in [0.15, 0.2) is 97.1 Å². The predicted molar refractivity (Wildman–Crippen MR) is 240 cm³/mol. The van der Waals surface area contributed by atoms with Crippen LogP contribution in [0.4, 0.5) is 11.4 Å². The standard InChI is InChI=1S/C18H28N.C17H26N.C15H10.2ClH.Ru/c1-13(2)15-10-8-9-14(3)16(15)19-12-17(4,5)11-18(19,6)7;1-7-14-10-8-9-13(2)15(14)18-12-16(3,4)11-17(18,5)6;1-2-6-12(7-3-1)15-11-10-13-8-4-5-9-14(13)15;;;/h8-10,12-13H,11H2,1-7H3;8-10,12H,7,11H2,1-6H3;1-9,11H;2*1H;/q2*-1;;;;+2/p-2. The topological polar surface area (TPSA) is 6.48 Å². The van der Waals surface area contributed by atoms with Crippen LogP contribution in [0.2, 0.25) is 0 Å². The van der Waals surface area contributed by atoms with Crippen molar-refractivity contribution in [2.75, 3.05) is 9.80 Å². The molecule has 0 spiro atoms. The van der Waals surface area contributed by atoms with Crippen LogP contribution < -0.4 is 9.80 Å². The summed E-state index contributed by atoms with van der Waals surface area (Å²) in [6.45, 7) is 34.9. The number of fused-ring (bicyclic) bond motifs is 1. The summed E-state index contributed by atoms with van der Waals surface area (Å²) in [6.07, 6.45) is 5.65. The molecule has 0 atom stereocenters. The van der Waals surface area contributed by atoms with E-state index in [0.29, 0.717) is 5.92 Å². The van der Waals surface area contributed by atoms with Gasteiger partial charge in [0.25, 0.3) is 0 Å². The van der Waals surface area contributed by atoms with E-state index in [0.717, 1.165) is 10.5 Å². The summed E-state index contributed by atoms with van der Waals surface area (Å²) in [7, 11) is 12.4. The number of nitrogens with zero attached hydrogens (tertiary/aromatic N) is 2. The second kappa shape index (κ2) is 17.0. The number of para-hydroxylation sites is 2. The van der Waals surface area contributed by atoms with Gasteiger partial charge in [-0.05, 0) is 76.1 Å². The second-order valence-electron chi connectivity index (χ2n) is 18.5. The zero-order valence-corrected chi connectivity index (χ0v) is 38.8. The maximum atomic E-state index is 6.19. The number of benzene rings is 4. The van der Waals surface area contributed by atoms with Crippen LogP contribution in [0, 0.1) is 37.8 Å². The minimum atomic E-state index is -1.88. The molecule has 0 amide bonds. The van der Waals surface area contributed by atoms with Gasteiger partial charge in [0.1, 0.15) is 0 Å². The summed E-state index contributed by atoms with van der Waals surface area (Å²) >= 11 is -1.88. The molecule has 2 nitrogen and oxygen atoms in total. The molecule has 0 aromatic heterocycles. The van der Waals surface area contributed by atoms with Gasteiger partial charge in [0.2, 0.25) is 0 Å². The predicted octanol–water partition coefficient (Wildman–Crippen LogP) is 14.6. The number of rotatable bonds is 5. The van der Waals surface area contributed by atoms with Crippen LogP contribution >= 0.6 is 19.4 Å². The molecular weight excluding hydrogens is 801 g/mol. The summed E-state index contributed by atoms with van der Waals surface area (Å²) in [4.78, 5) is 5.04. The molecule has 4 aromatic rings. The SMILES string of the molecule is CCc1cccc(C)c1N1[CH-]C(C)(C)CC1(C)C.Cc1cccc(C(C)C)c1N1[CH-]C(C)(C)CC1(C)C.[Cl][Ru]([Cl])=[C]1C=C(c2ccccc2)c2ccccc21. The molecule has 7 rings (SSSR count). The quantitative estimate of drug-likeness (QED) is 0.146. The van der Waals surface area contributed by atoms with Gasteiger partial charge >= 0.3 is 120 Å². The van der Waals surface area contributed by atoms with Gasteiger partial charge in [-0.3, -0.25) is 0 Å². The average Bonchev–Trinajstić information content (AvgIpc) is 3.68. The fourth-order valence-electron chi connectivity index (χ4n) is 9.27. The van der Waals surface area contributed by atoms with E-state index in [-0.39, 0.29) is 21.9 Å². The van der Waals surface area contributed by atoms with Crippen molar-refractivity contribution in [3.8, 4) is 0 Å². The molecule has 0 bridgehead atoms. The number of hydrogen-bond acceptors (Lipinski definition) is 2. The maximum absolute atomic E-state index is 6.19. The number of halogens is 2. The summed E-state index contributed by atoms with van der Waals surface area (Å²) in [5.41, 5.74) is 14.4. The Bertz CT molecular complexity index is 2030. The van der Waals surface area contributed by atoms with Crippen LogP contribution in [0.1, 0.15) is 134 Å². The third-order valence-corrected chi connectivity index (χ3v) is 14.2. The van der Waals surface area contributed by atoms with Gasteiger partial charge < -0.3 is 9.80 Å². The fraction of sp³-hybridized carbons (Fsp3) is 0.420. The van der Waals surface area contributed by atoms with Gasteiger partial charge in [-0.2, -0.15) is 0 Å². The number of allylic oxidation sites excluding steroid dienone is 1. The Morgan fingerprint density at radius 3 is 1.62 bits per heavy atom. The van der Waals surface area contributed by atoms with Crippen molar-refractivity contribution < 1.29 is 13.5 Å². The van der Waals surface area contributed by atoms with Crippen LogP contribution in [0.5, 0.6) is 0 Å². The van der Waals surface area contributed by atoms with Crippen LogP contribution in [-0.4, -0.2) is 15.2 Å². The summed E-state index contributed by atoms with van der Waals surface area (Å²) < 4.78 is 1.12. The van der Waals surface area contributed by atoms with Gasteiger partial charge in [0.05, 0.1) is 0 Å². The van der Waals surface area contributed by atoms with Crippen molar-refractivity contribution in [3.05, 3.63) is 149 Å². The van der Waals surface area contributed by atoms with Gasteiger partial charge in [0, 0.05) is 22.5 Å². The molecule has 5 heteroatoms. The Balaban J connectivity index is 0.000000158. The third kappa shape index (κ3) is 9.88. The molecule has 1 aliphatic carbocycles. The molecule has 298 valence electrons. The Morgan fingerprint density at radius 2 is 1.13 bits per heavy atom. The van der Waals surface area contributed by atoms with Crippen molar-refractivity contribution in [1.29, 1.82) is 0 Å². The van der Waals surface area contributed by atoms with Gasteiger partial charge in [-0.25, -0.2) is 13.1 Å². The van der Waals surface area contributed by atoms with Crippen molar-refractivity contribution in [3.63, 3.8) is 0 Å². The van der Waals surface area contributed by atoms with E-state index in [2.05, 4.69) is 186 Å². The fourth-order valence-corrected chi connectivity index (χ4v) is 11.7. The monoisotopic (exact) mass is 864 g/mol. The van der Waals surface area contributed by atoms with Crippen molar-refractivity contribution in [1.82, 2.24) is 0 Å². The Morgan fingerprint density at radius 1 is 0.636 bits per heavy atom. The number of anilines is 2. The number of hydrogen-bond donors (Lipinski definition) is 0. The van der Waals surface area contributed by atoms with Crippen LogP contribution in [0.3, 0.4) is 0 Å². The Kier molecular flexibility index (Phi) is 13.4. The first-order valence-electron chi connectivity index (χ1n) is 19.9. The van der Waals surface area contributed by atoms with Gasteiger partial charge in [-0.1, -0.05) is 97.7 Å². The molecule has 2 fully saturated rings. The Labute approximate surface area is 347 Å². The van der Waals surface area contributed by atoms with E-state index in [9.17, 15) is 0 Å². The van der Waals surface area contributed by atoms with E-state index in [1.54, 1.807) is 0 Å². The van der Waals surface area contributed by atoms with Gasteiger partial charge in [-0.15, -0.1) is 10.8 Å². The zero-order valence-electron chi connectivity index (χ0n) is 35.6. The first-order chi connectivity index (χ1) is 25.7. The molecule has 0 radical (unpaired) electrons. The molecule has 0 unspecified atom stereocenters. The van der Waals surface area contributed by atoms with Gasteiger partial charge in [0.15, 0.2) is 0 Å². The normalized spacial score (nSPS) is 18.9. The summed E-state index contributed by atoms with van der Waals surface area (Å²) in [6, 6.07) is 32.0. The molecule has 0 N–H and O–H groups in total. The molecule has 2 aliphatic heterocycles. The van der Waals surface area contributed by atoms with E-state index >= 15 is 0 Å². The van der Waals surface area contributed by atoms with E-state index in [1.165, 1.54) is 68.7 Å². The molecular formula is C50H64Cl2N2Ru-2. The first-order valence-corrected chi connectivity index (χ1v) is 25.2. The van der Waals surface area contributed by atoms with E-state index in [1.807, 2.05) is 24.3 Å². The molecule has 2 heterocycles. The minimum absolute atomic E-state index is 0.194. The first kappa shape index (κ1) is 43.4. The molecule has 3 aliphatic rings. The number of aryl methyl sites for hydroxylation is 3. The van der Waals surface area contributed by atoms with Crippen molar-refractivity contribution in [2.24, 2.45) is 10.8 Å². The summed E-state index contributed by atoms with van der Waals surface area (Å²) in [5, 5.41) is 0.